The van der Waals surface area contributed by atoms with E-state index in [1.54, 1.807) is 14.2 Å². The first-order chi connectivity index (χ1) is 15.6. The van der Waals surface area contributed by atoms with Gasteiger partial charge in [-0.25, -0.2) is 4.98 Å². The van der Waals surface area contributed by atoms with Crippen molar-refractivity contribution >= 4 is 33.1 Å². The first-order valence-electron chi connectivity index (χ1n) is 10.6. The van der Waals surface area contributed by atoms with Crippen molar-refractivity contribution in [3.8, 4) is 5.88 Å². The van der Waals surface area contributed by atoms with Crippen LogP contribution in [0.4, 0.5) is 5.69 Å². The van der Waals surface area contributed by atoms with E-state index in [9.17, 15) is 4.79 Å². The molecule has 1 N–H and O–H groups in total. The van der Waals surface area contributed by atoms with Crippen molar-refractivity contribution in [1.29, 1.82) is 0 Å². The number of amides is 1. The number of methoxy groups -OCH3 is 2. The molecule has 1 fully saturated rings. The van der Waals surface area contributed by atoms with Gasteiger partial charge < -0.3 is 19.5 Å². The number of ether oxygens (including phenoxy) is 3. The van der Waals surface area contributed by atoms with Gasteiger partial charge in [0, 0.05) is 32.4 Å². The van der Waals surface area contributed by atoms with E-state index in [2.05, 4.69) is 32.3 Å². The van der Waals surface area contributed by atoms with E-state index in [4.69, 9.17) is 14.2 Å². The lowest BCUT2D eigenvalue weighted by molar-refractivity contribution is 0.0384. The average molecular weight is 457 g/mol. The van der Waals surface area contributed by atoms with Crippen molar-refractivity contribution in [2.75, 3.05) is 52.4 Å². The predicted molar refractivity (Wildman–Crippen MR) is 125 cm³/mol. The van der Waals surface area contributed by atoms with Gasteiger partial charge >= 0.3 is 0 Å². The number of nitrogens with one attached hydrogen (secondary N) is 1. The molecule has 0 saturated carbocycles. The standard InChI is InChI=1S/C23H28N4O4S/c1-15-19-22(30-3)25-18(14-29-2)26-23(19)32-20(15)21(28)24-17-6-4-16(5-7-17)8-9-27-10-12-31-13-11-27/h4-7H,8-14H2,1-3H3,(H,24,28). The second-order valence-corrected chi connectivity index (χ2v) is 8.67. The summed E-state index contributed by atoms with van der Waals surface area (Å²) in [6.07, 6.45) is 0.978. The number of fused-ring (bicyclic) bond motifs is 1. The molecule has 1 aromatic carbocycles. The highest BCUT2D eigenvalue weighted by atomic mass is 32.1. The topological polar surface area (TPSA) is 85.8 Å². The minimum Gasteiger partial charge on any atom is -0.480 e. The monoisotopic (exact) mass is 456 g/mol. The van der Waals surface area contributed by atoms with Crippen LogP contribution in [0.25, 0.3) is 10.2 Å². The van der Waals surface area contributed by atoms with Crippen LogP contribution in [0.1, 0.15) is 26.6 Å². The molecule has 170 valence electrons. The minimum atomic E-state index is -0.165. The van der Waals surface area contributed by atoms with E-state index in [0.717, 1.165) is 55.9 Å². The van der Waals surface area contributed by atoms with Crippen LogP contribution in [0, 0.1) is 6.92 Å². The summed E-state index contributed by atoms with van der Waals surface area (Å²) in [5.41, 5.74) is 2.82. The number of carbonyl (C=O) groups excluding carboxylic acids is 1. The number of hydrogen-bond acceptors (Lipinski definition) is 8. The van der Waals surface area contributed by atoms with E-state index < -0.39 is 0 Å². The number of benzene rings is 1. The van der Waals surface area contributed by atoms with Crippen LogP contribution >= 0.6 is 11.3 Å². The first kappa shape index (κ1) is 22.6. The molecule has 1 aliphatic heterocycles. The van der Waals surface area contributed by atoms with Crippen molar-refractivity contribution in [3.05, 3.63) is 46.1 Å². The quantitative estimate of drug-likeness (QED) is 0.557. The Labute approximate surface area is 191 Å². The van der Waals surface area contributed by atoms with Gasteiger partial charge in [0.15, 0.2) is 5.82 Å². The predicted octanol–water partition coefficient (Wildman–Crippen LogP) is 3.28. The number of thiophene rings is 1. The highest BCUT2D eigenvalue weighted by Gasteiger charge is 2.21. The Morgan fingerprint density at radius 2 is 1.94 bits per heavy atom. The third kappa shape index (κ3) is 5.07. The largest absolute Gasteiger partial charge is 0.480 e. The maximum atomic E-state index is 13.0. The Morgan fingerprint density at radius 3 is 2.62 bits per heavy atom. The molecule has 0 radical (unpaired) electrons. The van der Waals surface area contributed by atoms with Crippen LogP contribution < -0.4 is 10.1 Å². The van der Waals surface area contributed by atoms with Gasteiger partial charge in [0.2, 0.25) is 5.88 Å². The zero-order valence-corrected chi connectivity index (χ0v) is 19.5. The fourth-order valence-electron chi connectivity index (χ4n) is 3.76. The molecular weight excluding hydrogens is 428 g/mol. The summed E-state index contributed by atoms with van der Waals surface area (Å²) in [6, 6.07) is 8.04. The number of nitrogens with zero attached hydrogens (tertiary/aromatic N) is 3. The molecule has 0 atom stereocenters. The number of carbonyl (C=O) groups is 1. The zero-order chi connectivity index (χ0) is 22.5. The van der Waals surface area contributed by atoms with Crippen molar-refractivity contribution < 1.29 is 19.0 Å². The summed E-state index contributed by atoms with van der Waals surface area (Å²) in [4.78, 5) is 25.6. The second kappa shape index (κ2) is 10.4. The van der Waals surface area contributed by atoms with E-state index >= 15 is 0 Å². The zero-order valence-electron chi connectivity index (χ0n) is 18.6. The molecule has 1 aliphatic rings. The Balaban J connectivity index is 1.45. The summed E-state index contributed by atoms with van der Waals surface area (Å²) in [5, 5.41) is 3.77. The summed E-state index contributed by atoms with van der Waals surface area (Å²) in [7, 11) is 3.16. The van der Waals surface area contributed by atoms with Crippen molar-refractivity contribution in [1.82, 2.24) is 14.9 Å². The number of morpholine rings is 1. The lowest BCUT2D eigenvalue weighted by Gasteiger charge is -2.26. The number of aromatic nitrogens is 2. The molecule has 2 aromatic heterocycles. The maximum absolute atomic E-state index is 13.0. The molecule has 1 saturated heterocycles. The molecule has 0 unspecified atom stereocenters. The van der Waals surface area contributed by atoms with Crippen molar-refractivity contribution in [2.24, 2.45) is 0 Å². The van der Waals surface area contributed by atoms with Crippen LogP contribution in [-0.2, 0) is 22.5 Å². The number of aryl methyl sites for hydroxylation is 1. The Kier molecular flexibility index (Phi) is 7.31. The van der Waals surface area contributed by atoms with E-state index in [1.165, 1.54) is 16.9 Å². The number of hydrogen-bond donors (Lipinski definition) is 1. The van der Waals surface area contributed by atoms with E-state index in [1.807, 2.05) is 19.1 Å². The molecule has 3 aromatic rings. The molecule has 32 heavy (non-hydrogen) atoms. The summed E-state index contributed by atoms with van der Waals surface area (Å²) in [5.74, 6) is 0.819. The van der Waals surface area contributed by atoms with Crippen LogP contribution in [-0.4, -0.2) is 67.8 Å². The highest BCUT2D eigenvalue weighted by molar-refractivity contribution is 7.20. The molecule has 4 rings (SSSR count). The van der Waals surface area contributed by atoms with Crippen LogP contribution in [0.2, 0.25) is 0 Å². The van der Waals surface area contributed by atoms with Gasteiger partial charge in [0.05, 0.1) is 30.6 Å². The van der Waals surface area contributed by atoms with Crippen LogP contribution in [0.3, 0.4) is 0 Å². The molecule has 0 aliphatic carbocycles. The highest BCUT2D eigenvalue weighted by Crippen LogP contribution is 2.35. The van der Waals surface area contributed by atoms with Crippen molar-refractivity contribution in [2.45, 2.75) is 20.0 Å². The summed E-state index contributed by atoms with van der Waals surface area (Å²) < 4.78 is 16.0. The van der Waals surface area contributed by atoms with Crippen LogP contribution in [0.5, 0.6) is 5.88 Å². The lowest BCUT2D eigenvalue weighted by atomic mass is 10.1. The first-order valence-corrected chi connectivity index (χ1v) is 11.4. The smallest absolute Gasteiger partial charge is 0.266 e. The summed E-state index contributed by atoms with van der Waals surface area (Å²) in [6.45, 7) is 6.80. The molecule has 8 nitrogen and oxygen atoms in total. The fourth-order valence-corrected chi connectivity index (χ4v) is 4.84. The molecule has 3 heterocycles. The Morgan fingerprint density at radius 1 is 1.19 bits per heavy atom. The third-order valence-electron chi connectivity index (χ3n) is 5.51. The maximum Gasteiger partial charge on any atom is 0.266 e. The Bertz CT molecular complexity index is 1080. The van der Waals surface area contributed by atoms with Gasteiger partial charge in [-0.2, -0.15) is 4.98 Å². The molecular formula is C23H28N4O4S. The lowest BCUT2D eigenvalue weighted by Crippen LogP contribution is -2.37. The number of rotatable bonds is 8. The molecule has 9 heteroatoms. The van der Waals surface area contributed by atoms with Crippen LogP contribution in [0.15, 0.2) is 24.3 Å². The number of anilines is 1. The molecule has 0 spiro atoms. The fraction of sp³-hybridized carbons (Fsp3) is 0.435. The SMILES string of the molecule is COCc1nc(OC)c2c(C)c(C(=O)Nc3ccc(CCN4CCOCC4)cc3)sc2n1. The van der Waals surface area contributed by atoms with Gasteiger partial charge in [-0.05, 0) is 36.6 Å². The summed E-state index contributed by atoms with van der Waals surface area (Å²) >= 11 is 1.33. The van der Waals surface area contributed by atoms with Gasteiger partial charge in [0.25, 0.3) is 5.91 Å². The second-order valence-electron chi connectivity index (χ2n) is 7.67. The third-order valence-corrected chi connectivity index (χ3v) is 6.69. The van der Waals surface area contributed by atoms with E-state index in [0.29, 0.717) is 21.4 Å². The van der Waals surface area contributed by atoms with Gasteiger partial charge in [-0.15, -0.1) is 11.3 Å². The minimum absolute atomic E-state index is 0.165. The average Bonchev–Trinajstić information content (AvgIpc) is 3.15. The van der Waals surface area contributed by atoms with Gasteiger partial charge in [-0.1, -0.05) is 12.1 Å². The van der Waals surface area contributed by atoms with Crippen molar-refractivity contribution in [3.63, 3.8) is 0 Å². The molecule has 0 bridgehead atoms. The van der Waals surface area contributed by atoms with Gasteiger partial charge in [0.1, 0.15) is 11.4 Å². The Hall–Kier alpha value is -2.59. The normalized spacial score (nSPS) is 14.6. The van der Waals surface area contributed by atoms with E-state index in [-0.39, 0.29) is 12.5 Å². The van der Waals surface area contributed by atoms with Gasteiger partial charge in [-0.3, -0.25) is 9.69 Å². The molecule has 1 amide bonds.